The minimum atomic E-state index is 0.380. The number of nitrogens with zero attached hydrogens (tertiary/aromatic N) is 2. The maximum Gasteiger partial charge on any atom is 0.171 e. The van der Waals surface area contributed by atoms with Crippen molar-refractivity contribution >= 4 is 28.1 Å². The van der Waals surface area contributed by atoms with Gasteiger partial charge in [-0.3, -0.25) is 4.79 Å². The molecule has 0 saturated heterocycles. The highest BCUT2D eigenvalue weighted by molar-refractivity contribution is 6.12. The number of aldehydes is 1. The van der Waals surface area contributed by atoms with Crippen LogP contribution >= 0.6 is 0 Å². The van der Waals surface area contributed by atoms with Crippen molar-refractivity contribution in [2.75, 3.05) is 0 Å². The second-order valence-corrected chi connectivity index (χ2v) is 3.31. The van der Waals surface area contributed by atoms with Gasteiger partial charge in [0.1, 0.15) is 5.69 Å². The Morgan fingerprint density at radius 2 is 2.07 bits per heavy atom. The summed E-state index contributed by atoms with van der Waals surface area (Å²) in [6.45, 7) is 0. The van der Waals surface area contributed by atoms with E-state index in [1.807, 2.05) is 24.3 Å². The number of para-hydroxylation sites is 1. The number of aromatic amines is 1. The maximum atomic E-state index is 10.8. The fraction of sp³-hybridized carbons (Fsp3) is 0. The molecule has 72 valence electrons. The van der Waals surface area contributed by atoms with Gasteiger partial charge in [-0.15, -0.1) is 5.10 Å². The largest absolute Gasteiger partial charge is 0.353 e. The van der Waals surface area contributed by atoms with E-state index in [0.29, 0.717) is 5.69 Å². The van der Waals surface area contributed by atoms with Crippen LogP contribution in [0.1, 0.15) is 10.5 Å². The Morgan fingerprint density at radius 1 is 1.20 bits per heavy atom. The molecule has 1 aromatic carbocycles. The van der Waals surface area contributed by atoms with Gasteiger partial charge >= 0.3 is 0 Å². The normalized spacial score (nSPS) is 10.9. The fourth-order valence-corrected chi connectivity index (χ4v) is 1.82. The minimum absolute atomic E-state index is 0.380. The molecular formula is C11H7N3O. The third kappa shape index (κ3) is 1.05. The summed E-state index contributed by atoms with van der Waals surface area (Å²) in [4.78, 5) is 14.0. The molecule has 0 amide bonds. The molecule has 0 saturated carbocycles. The van der Waals surface area contributed by atoms with E-state index in [9.17, 15) is 4.79 Å². The number of hydrogen-bond donors (Lipinski definition) is 1. The highest BCUT2D eigenvalue weighted by Gasteiger charge is 2.08. The zero-order chi connectivity index (χ0) is 10.3. The van der Waals surface area contributed by atoms with Gasteiger partial charge in [0.15, 0.2) is 6.29 Å². The second kappa shape index (κ2) is 2.88. The van der Waals surface area contributed by atoms with Gasteiger partial charge in [0.2, 0.25) is 0 Å². The number of nitrogens with one attached hydrogen (secondary N) is 1. The standard InChI is InChI=1S/C11H7N3O/c15-6-10-11-7-3-1-2-4-8(7)13-9(11)5-12-14-10/h1-6,13H. The lowest BCUT2D eigenvalue weighted by Crippen LogP contribution is -1.90. The smallest absolute Gasteiger partial charge is 0.171 e. The fourth-order valence-electron chi connectivity index (χ4n) is 1.82. The highest BCUT2D eigenvalue weighted by Crippen LogP contribution is 2.25. The molecule has 0 bridgehead atoms. The summed E-state index contributed by atoms with van der Waals surface area (Å²) in [6, 6.07) is 7.80. The molecule has 15 heavy (non-hydrogen) atoms. The van der Waals surface area contributed by atoms with E-state index in [1.54, 1.807) is 6.20 Å². The first-order chi connectivity index (χ1) is 7.40. The molecule has 0 aliphatic rings. The zero-order valence-electron chi connectivity index (χ0n) is 7.77. The summed E-state index contributed by atoms with van der Waals surface area (Å²) in [5, 5.41) is 9.42. The van der Waals surface area contributed by atoms with Crippen LogP contribution in [-0.4, -0.2) is 21.5 Å². The van der Waals surface area contributed by atoms with Crippen molar-refractivity contribution < 1.29 is 4.79 Å². The molecule has 3 aromatic rings. The number of aromatic nitrogens is 3. The van der Waals surface area contributed by atoms with Crippen molar-refractivity contribution in [2.45, 2.75) is 0 Å². The zero-order valence-corrected chi connectivity index (χ0v) is 7.77. The molecule has 1 N–H and O–H groups in total. The van der Waals surface area contributed by atoms with Crippen LogP contribution in [-0.2, 0) is 0 Å². The summed E-state index contributed by atoms with van der Waals surface area (Å²) < 4.78 is 0. The summed E-state index contributed by atoms with van der Waals surface area (Å²) in [7, 11) is 0. The SMILES string of the molecule is O=Cc1nncc2[nH]c3ccccc3c12. The number of carbonyl (C=O) groups excluding carboxylic acids is 1. The molecule has 0 radical (unpaired) electrons. The number of rotatable bonds is 1. The van der Waals surface area contributed by atoms with Gasteiger partial charge in [0.25, 0.3) is 0 Å². The van der Waals surface area contributed by atoms with Gasteiger partial charge in [0, 0.05) is 16.3 Å². The molecule has 2 heterocycles. The van der Waals surface area contributed by atoms with E-state index in [4.69, 9.17) is 0 Å². The molecule has 0 aliphatic carbocycles. The van der Waals surface area contributed by atoms with E-state index in [2.05, 4.69) is 15.2 Å². The van der Waals surface area contributed by atoms with Gasteiger partial charge in [0.05, 0.1) is 11.7 Å². The van der Waals surface area contributed by atoms with Crippen molar-refractivity contribution in [3.05, 3.63) is 36.2 Å². The third-order valence-corrected chi connectivity index (χ3v) is 2.46. The van der Waals surface area contributed by atoms with Gasteiger partial charge in [-0.1, -0.05) is 18.2 Å². The highest BCUT2D eigenvalue weighted by atomic mass is 16.1. The number of benzene rings is 1. The molecule has 4 nitrogen and oxygen atoms in total. The lowest BCUT2D eigenvalue weighted by atomic mass is 10.1. The van der Waals surface area contributed by atoms with Crippen LogP contribution < -0.4 is 0 Å². The van der Waals surface area contributed by atoms with E-state index in [0.717, 1.165) is 28.1 Å². The van der Waals surface area contributed by atoms with Crippen LogP contribution in [0.3, 0.4) is 0 Å². The average molecular weight is 197 g/mol. The Labute approximate surface area is 84.9 Å². The Hall–Kier alpha value is -2.23. The number of H-pyrrole nitrogens is 1. The monoisotopic (exact) mass is 197 g/mol. The Kier molecular flexibility index (Phi) is 1.56. The molecular weight excluding hydrogens is 190 g/mol. The first kappa shape index (κ1) is 8.11. The Balaban J connectivity index is 2.62. The van der Waals surface area contributed by atoms with Crippen LogP contribution in [0.25, 0.3) is 21.8 Å². The van der Waals surface area contributed by atoms with Gasteiger partial charge < -0.3 is 4.98 Å². The van der Waals surface area contributed by atoms with Crippen LogP contribution in [0.5, 0.6) is 0 Å². The van der Waals surface area contributed by atoms with Crippen molar-refractivity contribution in [3.8, 4) is 0 Å². The third-order valence-electron chi connectivity index (χ3n) is 2.46. The van der Waals surface area contributed by atoms with Crippen molar-refractivity contribution in [1.82, 2.24) is 15.2 Å². The molecule has 4 heteroatoms. The van der Waals surface area contributed by atoms with E-state index in [1.165, 1.54) is 0 Å². The van der Waals surface area contributed by atoms with Crippen molar-refractivity contribution in [2.24, 2.45) is 0 Å². The Bertz CT molecular complexity index is 657. The van der Waals surface area contributed by atoms with Crippen LogP contribution in [0.4, 0.5) is 0 Å². The van der Waals surface area contributed by atoms with E-state index >= 15 is 0 Å². The van der Waals surface area contributed by atoms with E-state index in [-0.39, 0.29) is 0 Å². The minimum Gasteiger partial charge on any atom is -0.353 e. The molecule has 0 fully saturated rings. The Morgan fingerprint density at radius 3 is 2.93 bits per heavy atom. The molecule has 0 aliphatic heterocycles. The molecule has 0 atom stereocenters. The lowest BCUT2D eigenvalue weighted by molar-refractivity contribution is 0.112. The first-order valence-electron chi connectivity index (χ1n) is 4.57. The predicted molar refractivity (Wildman–Crippen MR) is 56.8 cm³/mol. The van der Waals surface area contributed by atoms with Gasteiger partial charge in [-0.25, -0.2) is 0 Å². The van der Waals surface area contributed by atoms with Gasteiger partial charge in [-0.2, -0.15) is 5.10 Å². The summed E-state index contributed by atoms with van der Waals surface area (Å²) >= 11 is 0. The summed E-state index contributed by atoms with van der Waals surface area (Å²) in [6.07, 6.45) is 2.36. The van der Waals surface area contributed by atoms with Crippen molar-refractivity contribution in [1.29, 1.82) is 0 Å². The van der Waals surface area contributed by atoms with Crippen molar-refractivity contribution in [3.63, 3.8) is 0 Å². The molecule has 0 spiro atoms. The predicted octanol–water partition coefficient (Wildman–Crippen LogP) is 1.92. The molecule has 3 rings (SSSR count). The maximum absolute atomic E-state index is 10.8. The molecule has 2 aromatic heterocycles. The van der Waals surface area contributed by atoms with Gasteiger partial charge in [-0.05, 0) is 6.07 Å². The van der Waals surface area contributed by atoms with Crippen LogP contribution in [0.15, 0.2) is 30.5 Å². The van der Waals surface area contributed by atoms with E-state index < -0.39 is 0 Å². The average Bonchev–Trinajstić information content (AvgIpc) is 2.67. The number of fused-ring (bicyclic) bond motifs is 3. The number of carbonyl (C=O) groups is 1. The summed E-state index contributed by atoms with van der Waals surface area (Å²) in [5.74, 6) is 0. The topological polar surface area (TPSA) is 58.6 Å². The summed E-state index contributed by atoms with van der Waals surface area (Å²) in [5.41, 5.74) is 2.21. The lowest BCUT2D eigenvalue weighted by Gasteiger charge is -1.92. The molecule has 0 unspecified atom stereocenters. The van der Waals surface area contributed by atoms with Crippen LogP contribution in [0, 0.1) is 0 Å². The second-order valence-electron chi connectivity index (χ2n) is 3.31. The number of hydrogen-bond acceptors (Lipinski definition) is 3. The quantitative estimate of drug-likeness (QED) is 0.606. The van der Waals surface area contributed by atoms with Crippen LogP contribution in [0.2, 0.25) is 0 Å². The first-order valence-corrected chi connectivity index (χ1v) is 4.57.